The number of halogens is 3. The number of nitrogens with zero attached hydrogens (tertiary/aromatic N) is 3. The number of alkyl halides is 3. The minimum atomic E-state index is -5.08. The van der Waals surface area contributed by atoms with E-state index in [1.807, 2.05) is 0 Å². The molecule has 2 fully saturated rings. The molecule has 0 aliphatic carbocycles. The molecule has 146 valence electrons. The van der Waals surface area contributed by atoms with E-state index in [0.29, 0.717) is 19.6 Å². The fraction of sp³-hybridized carbons (Fsp3) is 0.846. The summed E-state index contributed by atoms with van der Waals surface area (Å²) in [5, 5.41) is 7.12. The van der Waals surface area contributed by atoms with Crippen LogP contribution in [0.25, 0.3) is 0 Å². The molecule has 2 heterocycles. The first-order valence-electron chi connectivity index (χ1n) is 7.34. The van der Waals surface area contributed by atoms with Gasteiger partial charge in [0.2, 0.25) is 15.9 Å². The highest BCUT2D eigenvalue weighted by Crippen LogP contribution is 2.40. The Morgan fingerprint density at radius 3 is 2.04 bits per heavy atom. The molecule has 2 saturated heterocycles. The van der Waals surface area contributed by atoms with Gasteiger partial charge in [0.1, 0.15) is 0 Å². The zero-order chi connectivity index (χ0) is 19.6. The van der Waals surface area contributed by atoms with Gasteiger partial charge >= 0.3 is 12.1 Å². The van der Waals surface area contributed by atoms with Crippen LogP contribution >= 0.6 is 0 Å². The van der Waals surface area contributed by atoms with E-state index < -0.39 is 22.2 Å². The molecular formula is C13H22F3N3O5S. The molecule has 0 bridgehead atoms. The van der Waals surface area contributed by atoms with Crippen LogP contribution in [0.2, 0.25) is 0 Å². The van der Waals surface area contributed by atoms with Gasteiger partial charge in [0.25, 0.3) is 0 Å². The summed E-state index contributed by atoms with van der Waals surface area (Å²) < 4.78 is 56.0. The average Bonchev–Trinajstić information content (AvgIpc) is 2.79. The number of carboxylic acid groups (broad SMARTS) is 1. The number of sulfonamides is 1. The molecular weight excluding hydrogens is 367 g/mol. The summed E-state index contributed by atoms with van der Waals surface area (Å²) in [5.41, 5.74) is 0.0929. The Labute approximate surface area is 144 Å². The maximum atomic E-state index is 11.6. The molecule has 2 rings (SSSR count). The molecule has 1 N–H and O–H groups in total. The molecule has 0 radical (unpaired) electrons. The summed E-state index contributed by atoms with van der Waals surface area (Å²) >= 11 is 0. The van der Waals surface area contributed by atoms with Crippen LogP contribution in [0.15, 0.2) is 0 Å². The summed E-state index contributed by atoms with van der Waals surface area (Å²) in [4.78, 5) is 24.2. The SMILES string of the molecule is CN(C)C(=O)CN1CCC2(C1)CN(S(C)(=O)=O)C2.O=C(O)C(F)(F)F. The fourth-order valence-electron chi connectivity index (χ4n) is 2.69. The Morgan fingerprint density at radius 1 is 1.20 bits per heavy atom. The van der Waals surface area contributed by atoms with E-state index in [1.54, 1.807) is 19.0 Å². The molecule has 0 aromatic carbocycles. The second-order valence-corrected chi connectivity index (χ2v) is 8.57. The van der Waals surface area contributed by atoms with Gasteiger partial charge in [-0.15, -0.1) is 0 Å². The van der Waals surface area contributed by atoms with Gasteiger partial charge in [0.05, 0.1) is 12.8 Å². The molecule has 2 aliphatic heterocycles. The molecule has 25 heavy (non-hydrogen) atoms. The van der Waals surface area contributed by atoms with Gasteiger partial charge in [0, 0.05) is 39.1 Å². The summed E-state index contributed by atoms with van der Waals surface area (Å²) in [5.74, 6) is -2.65. The molecule has 0 saturated carbocycles. The Balaban J connectivity index is 0.000000381. The lowest BCUT2D eigenvalue weighted by atomic mass is 9.81. The standard InChI is InChI=1S/C11H21N3O3S.C2HF3O2/c1-12(2)10(15)6-13-5-4-11(7-13)8-14(9-11)18(3,16)17;3-2(4,5)1(6)7/h4-9H2,1-3H3;(H,6,7). The number of carbonyl (C=O) groups is 2. The van der Waals surface area contributed by atoms with Crippen molar-refractivity contribution in [2.24, 2.45) is 5.41 Å². The number of carboxylic acids is 1. The van der Waals surface area contributed by atoms with Crippen molar-refractivity contribution in [2.75, 3.05) is 53.1 Å². The van der Waals surface area contributed by atoms with Crippen molar-refractivity contribution in [1.82, 2.24) is 14.1 Å². The van der Waals surface area contributed by atoms with Gasteiger partial charge in [-0.3, -0.25) is 9.69 Å². The van der Waals surface area contributed by atoms with Crippen molar-refractivity contribution in [3.8, 4) is 0 Å². The van der Waals surface area contributed by atoms with Crippen LogP contribution in [-0.2, 0) is 19.6 Å². The lowest BCUT2D eigenvalue weighted by Gasteiger charge is -2.46. The molecule has 8 nitrogen and oxygen atoms in total. The van der Waals surface area contributed by atoms with Gasteiger partial charge in [-0.25, -0.2) is 17.5 Å². The summed E-state index contributed by atoms with van der Waals surface area (Å²) in [6.07, 6.45) is -2.85. The fourth-order valence-corrected chi connectivity index (χ4v) is 3.71. The highest BCUT2D eigenvalue weighted by Gasteiger charge is 2.50. The summed E-state index contributed by atoms with van der Waals surface area (Å²) in [6.45, 7) is 3.38. The average molecular weight is 389 g/mol. The highest BCUT2D eigenvalue weighted by molar-refractivity contribution is 7.88. The van der Waals surface area contributed by atoms with Crippen LogP contribution in [-0.4, -0.2) is 98.8 Å². The minimum absolute atomic E-state index is 0.0929. The third-order valence-corrected chi connectivity index (χ3v) is 5.31. The topological polar surface area (TPSA) is 98.2 Å². The van der Waals surface area contributed by atoms with Crippen molar-refractivity contribution in [1.29, 1.82) is 0 Å². The van der Waals surface area contributed by atoms with Gasteiger partial charge in [0.15, 0.2) is 0 Å². The maximum absolute atomic E-state index is 11.6. The normalized spacial score (nSPS) is 20.6. The van der Waals surface area contributed by atoms with Gasteiger partial charge < -0.3 is 10.0 Å². The van der Waals surface area contributed by atoms with Crippen LogP contribution in [0, 0.1) is 5.41 Å². The van der Waals surface area contributed by atoms with Crippen molar-refractivity contribution in [3.63, 3.8) is 0 Å². The van der Waals surface area contributed by atoms with Crippen LogP contribution in [0.3, 0.4) is 0 Å². The van der Waals surface area contributed by atoms with Crippen LogP contribution in [0.1, 0.15) is 6.42 Å². The molecule has 0 aromatic heterocycles. The van der Waals surface area contributed by atoms with E-state index in [9.17, 15) is 26.4 Å². The van der Waals surface area contributed by atoms with E-state index >= 15 is 0 Å². The molecule has 0 unspecified atom stereocenters. The Kier molecular flexibility index (Phi) is 6.46. The maximum Gasteiger partial charge on any atom is 0.490 e. The Hall–Kier alpha value is -1.40. The zero-order valence-electron chi connectivity index (χ0n) is 14.2. The van der Waals surface area contributed by atoms with Crippen LogP contribution in [0.5, 0.6) is 0 Å². The second kappa shape index (κ2) is 7.46. The lowest BCUT2D eigenvalue weighted by molar-refractivity contribution is -0.192. The first-order chi connectivity index (χ1) is 11.2. The van der Waals surface area contributed by atoms with Crippen molar-refractivity contribution in [3.05, 3.63) is 0 Å². The number of carbonyl (C=O) groups excluding carboxylic acids is 1. The third-order valence-electron chi connectivity index (χ3n) is 4.11. The van der Waals surface area contributed by atoms with Crippen molar-refractivity contribution in [2.45, 2.75) is 12.6 Å². The zero-order valence-corrected chi connectivity index (χ0v) is 15.0. The predicted octanol–water partition coefficient (Wildman–Crippen LogP) is -0.325. The number of amides is 1. The predicted molar refractivity (Wildman–Crippen MR) is 82.3 cm³/mol. The minimum Gasteiger partial charge on any atom is -0.475 e. The van der Waals surface area contributed by atoms with Gasteiger partial charge in [-0.2, -0.15) is 13.2 Å². The molecule has 1 amide bonds. The number of likely N-dealkylation sites (tertiary alicyclic amines) is 1. The van der Waals surface area contributed by atoms with E-state index in [0.717, 1.165) is 19.5 Å². The molecule has 2 aliphatic rings. The van der Waals surface area contributed by atoms with Gasteiger partial charge in [-0.1, -0.05) is 0 Å². The van der Waals surface area contributed by atoms with Crippen LogP contribution in [0.4, 0.5) is 13.2 Å². The molecule has 0 atom stereocenters. The Morgan fingerprint density at radius 2 is 1.68 bits per heavy atom. The number of aliphatic carboxylic acids is 1. The monoisotopic (exact) mass is 389 g/mol. The smallest absolute Gasteiger partial charge is 0.475 e. The largest absolute Gasteiger partial charge is 0.490 e. The molecule has 0 aromatic rings. The van der Waals surface area contributed by atoms with Gasteiger partial charge in [-0.05, 0) is 13.0 Å². The number of rotatable bonds is 3. The number of hydrogen-bond donors (Lipinski definition) is 1. The van der Waals surface area contributed by atoms with E-state index in [4.69, 9.17) is 9.90 Å². The number of hydrogen-bond acceptors (Lipinski definition) is 5. The summed E-state index contributed by atoms with van der Waals surface area (Å²) in [6, 6.07) is 0. The van der Waals surface area contributed by atoms with E-state index in [2.05, 4.69) is 4.90 Å². The van der Waals surface area contributed by atoms with Crippen molar-refractivity contribution >= 4 is 21.9 Å². The van der Waals surface area contributed by atoms with E-state index in [1.165, 1.54) is 10.6 Å². The lowest BCUT2D eigenvalue weighted by Crippen LogP contribution is -2.59. The molecule has 12 heteroatoms. The quantitative estimate of drug-likeness (QED) is 0.710. The first-order valence-corrected chi connectivity index (χ1v) is 9.19. The van der Waals surface area contributed by atoms with E-state index in [-0.39, 0.29) is 11.3 Å². The van der Waals surface area contributed by atoms with Crippen LogP contribution < -0.4 is 0 Å². The van der Waals surface area contributed by atoms with Crippen molar-refractivity contribution < 1.29 is 36.3 Å². The number of likely N-dealkylation sites (N-methyl/N-ethyl adjacent to an activating group) is 1. The highest BCUT2D eigenvalue weighted by atomic mass is 32.2. The third kappa shape index (κ3) is 6.12. The Bertz CT molecular complexity index is 615. The summed E-state index contributed by atoms with van der Waals surface area (Å²) in [7, 11) is 0.462. The first kappa shape index (κ1) is 21.6. The molecule has 1 spiro atoms. The second-order valence-electron chi connectivity index (χ2n) is 6.58.